The lowest BCUT2D eigenvalue weighted by molar-refractivity contribution is -0.167. The summed E-state index contributed by atoms with van der Waals surface area (Å²) in [5, 5.41) is 10.2. The number of anilines is 1. The molecule has 1 amide bonds. The van der Waals surface area contributed by atoms with Crippen LogP contribution in [0.5, 0.6) is 0 Å². The SMILES string of the molecule is O=C(O)c1cc(Br)c2nc(NC(=O)C(F)(F)F)sc2c1. The molecule has 1 aromatic carbocycles. The van der Waals surface area contributed by atoms with Crippen LogP contribution in [0.25, 0.3) is 10.2 Å². The highest BCUT2D eigenvalue weighted by Gasteiger charge is 2.39. The van der Waals surface area contributed by atoms with Gasteiger partial charge in [0.15, 0.2) is 5.13 Å². The van der Waals surface area contributed by atoms with Crippen LogP contribution < -0.4 is 5.32 Å². The number of nitrogens with zero attached hydrogens (tertiary/aromatic N) is 1. The Bertz CT molecular complexity index is 714. The van der Waals surface area contributed by atoms with E-state index in [1.54, 1.807) is 5.32 Å². The second-order valence-corrected chi connectivity index (χ2v) is 5.47. The molecule has 0 fully saturated rings. The molecular weight excluding hydrogens is 365 g/mol. The number of fused-ring (bicyclic) bond motifs is 1. The van der Waals surface area contributed by atoms with Crippen molar-refractivity contribution in [1.29, 1.82) is 0 Å². The zero-order valence-electron chi connectivity index (χ0n) is 9.29. The lowest BCUT2D eigenvalue weighted by Crippen LogP contribution is -2.29. The Morgan fingerprint density at radius 3 is 2.55 bits per heavy atom. The first-order valence-electron chi connectivity index (χ1n) is 4.90. The monoisotopic (exact) mass is 368 g/mol. The third-order valence-corrected chi connectivity index (χ3v) is 3.70. The minimum Gasteiger partial charge on any atom is -0.478 e. The topological polar surface area (TPSA) is 79.3 Å². The van der Waals surface area contributed by atoms with Gasteiger partial charge in [-0.2, -0.15) is 13.2 Å². The number of carbonyl (C=O) groups excluding carboxylic acids is 1. The Hall–Kier alpha value is -1.68. The molecule has 0 atom stereocenters. The number of nitrogens with one attached hydrogen (secondary N) is 1. The maximum Gasteiger partial charge on any atom is 0.471 e. The van der Waals surface area contributed by atoms with E-state index in [-0.39, 0.29) is 16.2 Å². The fraction of sp³-hybridized carbons (Fsp3) is 0.100. The van der Waals surface area contributed by atoms with Crippen LogP contribution >= 0.6 is 27.3 Å². The van der Waals surface area contributed by atoms with Crippen LogP contribution in [0.15, 0.2) is 16.6 Å². The number of hydrogen-bond acceptors (Lipinski definition) is 4. The molecule has 0 aliphatic carbocycles. The van der Waals surface area contributed by atoms with Crippen LogP contribution in [0, 0.1) is 0 Å². The van der Waals surface area contributed by atoms with E-state index in [1.165, 1.54) is 12.1 Å². The molecular formula is C10H4BrF3N2O3S. The van der Waals surface area contributed by atoms with Crippen LogP contribution in [0.1, 0.15) is 10.4 Å². The smallest absolute Gasteiger partial charge is 0.471 e. The highest BCUT2D eigenvalue weighted by molar-refractivity contribution is 9.10. The van der Waals surface area contributed by atoms with Crippen LogP contribution in [-0.2, 0) is 4.79 Å². The van der Waals surface area contributed by atoms with E-state index in [2.05, 4.69) is 20.9 Å². The molecule has 2 rings (SSSR count). The number of aromatic nitrogens is 1. The standard InChI is InChI=1S/C10H4BrF3N2O3S/c11-4-1-3(7(17)18)2-5-6(4)15-9(20-5)16-8(19)10(12,13)14/h1-2H,(H,17,18)(H,15,16,19). The van der Waals surface area contributed by atoms with Gasteiger partial charge in [-0.25, -0.2) is 9.78 Å². The molecule has 10 heteroatoms. The number of amides is 1. The van der Waals surface area contributed by atoms with Gasteiger partial charge in [-0.15, -0.1) is 0 Å². The molecule has 0 radical (unpaired) electrons. The number of aromatic carboxylic acids is 1. The summed E-state index contributed by atoms with van der Waals surface area (Å²) >= 11 is 3.83. The summed E-state index contributed by atoms with van der Waals surface area (Å²) in [6.45, 7) is 0. The molecule has 1 aromatic heterocycles. The van der Waals surface area contributed by atoms with Crippen LogP contribution in [0.3, 0.4) is 0 Å². The summed E-state index contributed by atoms with van der Waals surface area (Å²) in [7, 11) is 0. The number of benzene rings is 1. The van der Waals surface area contributed by atoms with Crippen molar-refractivity contribution < 1.29 is 27.9 Å². The van der Waals surface area contributed by atoms with Gasteiger partial charge < -0.3 is 5.11 Å². The second kappa shape index (κ2) is 5.02. The van der Waals surface area contributed by atoms with Crippen molar-refractivity contribution in [2.45, 2.75) is 6.18 Å². The fourth-order valence-corrected chi connectivity index (χ4v) is 2.94. The quantitative estimate of drug-likeness (QED) is 0.852. The van der Waals surface area contributed by atoms with Gasteiger partial charge in [-0.1, -0.05) is 11.3 Å². The summed E-state index contributed by atoms with van der Waals surface area (Å²) in [5.74, 6) is -3.31. The van der Waals surface area contributed by atoms with Gasteiger partial charge in [0.1, 0.15) is 0 Å². The molecule has 1 heterocycles. The van der Waals surface area contributed by atoms with E-state index in [4.69, 9.17) is 5.11 Å². The maximum absolute atomic E-state index is 12.1. The average Bonchev–Trinajstić information content (AvgIpc) is 2.70. The number of carboxylic acid groups (broad SMARTS) is 1. The second-order valence-electron chi connectivity index (χ2n) is 3.58. The van der Waals surface area contributed by atoms with Gasteiger partial charge in [-0.3, -0.25) is 10.1 Å². The molecule has 0 bridgehead atoms. The molecule has 2 aromatic rings. The molecule has 0 saturated carbocycles. The Morgan fingerprint density at radius 1 is 1.35 bits per heavy atom. The van der Waals surface area contributed by atoms with E-state index < -0.39 is 18.1 Å². The molecule has 0 unspecified atom stereocenters. The third-order valence-electron chi connectivity index (χ3n) is 2.17. The number of thiazole rings is 1. The predicted octanol–water partition coefficient (Wildman–Crippen LogP) is 3.26. The fourth-order valence-electron chi connectivity index (χ4n) is 1.33. The minimum atomic E-state index is -5.01. The zero-order chi connectivity index (χ0) is 15.1. The normalized spacial score (nSPS) is 11.6. The minimum absolute atomic E-state index is 0.0401. The van der Waals surface area contributed by atoms with Gasteiger partial charge in [-0.05, 0) is 28.1 Å². The van der Waals surface area contributed by atoms with E-state index in [0.717, 1.165) is 11.3 Å². The number of carbonyl (C=O) groups is 2. The Kier molecular flexibility index (Phi) is 3.69. The molecule has 2 N–H and O–H groups in total. The van der Waals surface area contributed by atoms with Crippen molar-refractivity contribution in [3.05, 3.63) is 22.2 Å². The molecule has 0 aliphatic rings. The van der Waals surface area contributed by atoms with Gasteiger partial charge in [0.05, 0.1) is 15.8 Å². The highest BCUT2D eigenvalue weighted by atomic mass is 79.9. The Morgan fingerprint density at radius 2 is 2.00 bits per heavy atom. The van der Waals surface area contributed by atoms with Crippen molar-refractivity contribution in [2.75, 3.05) is 5.32 Å². The molecule has 0 aliphatic heterocycles. The molecule has 5 nitrogen and oxygen atoms in total. The van der Waals surface area contributed by atoms with Crippen molar-refractivity contribution in [2.24, 2.45) is 0 Å². The van der Waals surface area contributed by atoms with Crippen molar-refractivity contribution in [3.8, 4) is 0 Å². The lowest BCUT2D eigenvalue weighted by Gasteiger charge is -2.03. The summed E-state index contributed by atoms with van der Waals surface area (Å²) in [5.41, 5.74) is 0.235. The van der Waals surface area contributed by atoms with Crippen LogP contribution in [-0.4, -0.2) is 28.1 Å². The average molecular weight is 369 g/mol. The highest BCUT2D eigenvalue weighted by Crippen LogP contribution is 2.33. The number of carboxylic acids is 1. The van der Waals surface area contributed by atoms with Gasteiger partial charge in [0.2, 0.25) is 0 Å². The predicted molar refractivity (Wildman–Crippen MR) is 69.0 cm³/mol. The number of alkyl halides is 3. The first-order chi connectivity index (χ1) is 9.18. The Labute approximate surface area is 121 Å². The van der Waals surface area contributed by atoms with E-state index in [0.29, 0.717) is 9.17 Å². The van der Waals surface area contributed by atoms with Gasteiger partial charge in [0, 0.05) is 4.47 Å². The van der Waals surface area contributed by atoms with Crippen LogP contribution in [0.2, 0.25) is 0 Å². The number of halogens is 4. The lowest BCUT2D eigenvalue weighted by atomic mass is 10.2. The third kappa shape index (κ3) is 2.90. The molecule has 20 heavy (non-hydrogen) atoms. The summed E-state index contributed by atoms with van der Waals surface area (Å²) < 4.78 is 37.0. The zero-order valence-corrected chi connectivity index (χ0v) is 11.7. The van der Waals surface area contributed by atoms with Crippen molar-refractivity contribution in [1.82, 2.24) is 4.98 Å². The summed E-state index contributed by atoms with van der Waals surface area (Å²) in [6.07, 6.45) is -5.01. The van der Waals surface area contributed by atoms with Crippen molar-refractivity contribution >= 4 is 54.5 Å². The molecule has 0 spiro atoms. The van der Waals surface area contributed by atoms with Crippen LogP contribution in [0.4, 0.5) is 18.3 Å². The Balaban J connectivity index is 2.41. The number of rotatable bonds is 2. The van der Waals surface area contributed by atoms with E-state index >= 15 is 0 Å². The largest absolute Gasteiger partial charge is 0.478 e. The number of hydrogen-bond donors (Lipinski definition) is 2. The first kappa shape index (κ1) is 14.7. The van der Waals surface area contributed by atoms with Crippen molar-refractivity contribution in [3.63, 3.8) is 0 Å². The molecule has 0 saturated heterocycles. The van der Waals surface area contributed by atoms with Gasteiger partial charge in [0.25, 0.3) is 0 Å². The first-order valence-corrected chi connectivity index (χ1v) is 6.51. The summed E-state index contributed by atoms with van der Waals surface area (Å²) in [4.78, 5) is 25.5. The van der Waals surface area contributed by atoms with E-state index in [1.807, 2.05) is 0 Å². The molecule has 106 valence electrons. The van der Waals surface area contributed by atoms with E-state index in [9.17, 15) is 22.8 Å². The summed E-state index contributed by atoms with van der Waals surface area (Å²) in [6, 6.07) is 2.54. The maximum atomic E-state index is 12.1. The van der Waals surface area contributed by atoms with Gasteiger partial charge >= 0.3 is 18.1 Å².